The molecule has 5 heterocycles. The Morgan fingerprint density at radius 2 is 1.82 bits per heavy atom. The molecule has 3 aromatic heterocycles. The van der Waals surface area contributed by atoms with Gasteiger partial charge in [0.05, 0.1) is 42.2 Å². The van der Waals surface area contributed by atoms with E-state index in [4.69, 9.17) is 14.1 Å². The summed E-state index contributed by atoms with van der Waals surface area (Å²) in [6.45, 7) is 6.70. The summed E-state index contributed by atoms with van der Waals surface area (Å²) in [7, 11) is 1.60. The number of nitrogens with zero attached hydrogens (tertiary/aromatic N) is 9. The molecule has 2 aliphatic heterocycles. The zero-order valence-electron chi connectivity index (χ0n) is 28.3. The molecule has 0 saturated carbocycles. The molecular formula is C38H41N9O3. The molecule has 1 atom stereocenters. The monoisotopic (exact) mass is 671 g/mol. The fourth-order valence-corrected chi connectivity index (χ4v) is 7.66. The average Bonchev–Trinajstić information content (AvgIpc) is 3.99. The Kier molecular flexibility index (Phi) is 8.76. The summed E-state index contributed by atoms with van der Waals surface area (Å²) < 4.78 is 15.2. The number of carbonyl (C=O) groups is 1. The quantitative estimate of drug-likeness (QED) is 0.198. The second-order valence-corrected chi connectivity index (χ2v) is 13.3. The molecule has 2 aliphatic rings. The molecule has 2 fully saturated rings. The molecule has 2 saturated heterocycles. The number of benzene rings is 3. The van der Waals surface area contributed by atoms with Gasteiger partial charge in [0.1, 0.15) is 17.8 Å². The minimum absolute atomic E-state index is 0.0440. The van der Waals surface area contributed by atoms with E-state index in [1.54, 1.807) is 24.1 Å². The summed E-state index contributed by atoms with van der Waals surface area (Å²) in [5, 5.41) is 11.5. The van der Waals surface area contributed by atoms with Crippen molar-refractivity contribution < 1.29 is 13.9 Å². The zero-order chi connectivity index (χ0) is 33.9. The van der Waals surface area contributed by atoms with Crippen LogP contribution in [-0.4, -0.2) is 98.4 Å². The summed E-state index contributed by atoms with van der Waals surface area (Å²) in [6.07, 6.45) is 6.15. The lowest BCUT2D eigenvalue weighted by Gasteiger charge is -2.33. The summed E-state index contributed by atoms with van der Waals surface area (Å²) in [6, 6.07) is 28.5. The highest BCUT2D eigenvalue weighted by Gasteiger charge is 2.42. The van der Waals surface area contributed by atoms with Gasteiger partial charge in [-0.2, -0.15) is 0 Å². The number of para-hydroxylation sites is 2. The first kappa shape index (κ1) is 31.8. The van der Waals surface area contributed by atoms with Crippen molar-refractivity contribution in [3.8, 4) is 11.4 Å². The van der Waals surface area contributed by atoms with Gasteiger partial charge < -0.3 is 28.4 Å². The van der Waals surface area contributed by atoms with Crippen LogP contribution in [0.5, 0.6) is 5.75 Å². The number of carbonyl (C=O) groups excluding carboxylic acids is 1. The van der Waals surface area contributed by atoms with Gasteiger partial charge >= 0.3 is 0 Å². The van der Waals surface area contributed by atoms with Crippen LogP contribution in [0.15, 0.2) is 102 Å². The zero-order valence-corrected chi connectivity index (χ0v) is 28.3. The number of fused-ring (bicyclic) bond motifs is 1. The Morgan fingerprint density at radius 3 is 2.64 bits per heavy atom. The second-order valence-electron chi connectivity index (χ2n) is 13.3. The van der Waals surface area contributed by atoms with Crippen LogP contribution in [0.3, 0.4) is 0 Å². The third-order valence-corrected chi connectivity index (χ3v) is 10.4. The molecular weight excluding hydrogens is 630 g/mol. The van der Waals surface area contributed by atoms with Crippen molar-refractivity contribution in [3.05, 3.63) is 114 Å². The third-order valence-electron chi connectivity index (χ3n) is 10.4. The van der Waals surface area contributed by atoms with Crippen LogP contribution in [0.2, 0.25) is 0 Å². The number of amides is 1. The van der Waals surface area contributed by atoms with E-state index in [1.165, 1.54) is 11.9 Å². The molecule has 0 aliphatic carbocycles. The summed E-state index contributed by atoms with van der Waals surface area (Å²) in [5.41, 5.74) is 4.47. The van der Waals surface area contributed by atoms with Crippen LogP contribution in [0, 0.1) is 0 Å². The molecule has 1 amide bonds. The number of methoxy groups -OCH3 is 1. The van der Waals surface area contributed by atoms with Crippen LogP contribution in [0.1, 0.15) is 40.9 Å². The van der Waals surface area contributed by atoms with Gasteiger partial charge in [0.2, 0.25) is 5.95 Å². The Labute approximate surface area is 290 Å². The number of hydrogen-bond acceptors (Lipinski definition) is 9. The molecule has 3 aromatic carbocycles. The molecule has 12 nitrogen and oxygen atoms in total. The Bertz CT molecular complexity index is 2040. The van der Waals surface area contributed by atoms with Crippen molar-refractivity contribution in [3.63, 3.8) is 0 Å². The number of imidazole rings is 1. The highest BCUT2D eigenvalue weighted by Crippen LogP contribution is 2.39. The first-order valence-electron chi connectivity index (χ1n) is 17.3. The van der Waals surface area contributed by atoms with Crippen molar-refractivity contribution >= 4 is 22.9 Å². The van der Waals surface area contributed by atoms with Gasteiger partial charge in [-0.05, 0) is 90.8 Å². The lowest BCUT2D eigenvalue weighted by atomic mass is 9.76. The molecule has 0 bridgehead atoms. The van der Waals surface area contributed by atoms with Crippen LogP contribution < -0.4 is 9.64 Å². The number of ether oxygens (including phenoxy) is 1. The first-order chi connectivity index (χ1) is 24.6. The van der Waals surface area contributed by atoms with E-state index < -0.39 is 0 Å². The van der Waals surface area contributed by atoms with E-state index in [0.29, 0.717) is 36.6 Å². The van der Waals surface area contributed by atoms with Gasteiger partial charge in [0, 0.05) is 38.1 Å². The minimum Gasteiger partial charge on any atom is -0.496 e. The van der Waals surface area contributed by atoms with Gasteiger partial charge in [-0.25, -0.2) is 9.67 Å². The van der Waals surface area contributed by atoms with E-state index in [9.17, 15) is 4.79 Å². The van der Waals surface area contributed by atoms with E-state index in [1.807, 2.05) is 35.2 Å². The minimum atomic E-state index is -0.152. The number of hydrogen-bond donors (Lipinski definition) is 0. The van der Waals surface area contributed by atoms with Crippen molar-refractivity contribution in [2.45, 2.75) is 31.2 Å². The maximum atomic E-state index is 14.1. The maximum Gasteiger partial charge on any atom is 0.257 e. The van der Waals surface area contributed by atoms with E-state index in [-0.39, 0.29) is 11.3 Å². The maximum absolute atomic E-state index is 14.1. The van der Waals surface area contributed by atoms with E-state index in [0.717, 1.165) is 74.7 Å². The molecule has 6 aromatic rings. The fraction of sp³-hybridized carbons (Fsp3) is 0.342. The summed E-state index contributed by atoms with van der Waals surface area (Å²) >= 11 is 0. The standard InChI is InChI=1S/C38H41N9O3/c1-49-35-15-14-30(47-28-39-41-42-47)25-32(35)36(48)45-21-17-38(27-45,29-9-3-2-4-10-29)16-20-43-18-8-19-44(23-22-43)37-40-33-12-5-6-13-34(33)46(37)26-31-11-7-24-50-31/h2-7,9-15,24-25,28H,8,16-23,26-27H2,1H3. The SMILES string of the molecule is COc1ccc(-n2cnnn2)cc1C(=O)N1CCC(CCN2CCCN(c3nc4ccccc4n3Cc3ccco3)CC2)(c2ccccc2)C1. The van der Waals surface area contributed by atoms with Crippen molar-refractivity contribution in [2.75, 3.05) is 57.8 Å². The fourth-order valence-electron chi connectivity index (χ4n) is 7.66. The normalized spacial score (nSPS) is 18.5. The van der Waals surface area contributed by atoms with Gasteiger partial charge in [0.15, 0.2) is 0 Å². The second kappa shape index (κ2) is 13.8. The molecule has 0 N–H and O–H groups in total. The number of tetrazole rings is 1. The lowest BCUT2D eigenvalue weighted by Crippen LogP contribution is -2.39. The predicted octanol–water partition coefficient (Wildman–Crippen LogP) is 5.05. The average molecular weight is 672 g/mol. The van der Waals surface area contributed by atoms with E-state index >= 15 is 0 Å². The number of aromatic nitrogens is 6. The smallest absolute Gasteiger partial charge is 0.257 e. The van der Waals surface area contributed by atoms with Crippen molar-refractivity contribution in [2.24, 2.45) is 0 Å². The highest BCUT2D eigenvalue weighted by molar-refractivity contribution is 5.98. The molecule has 12 heteroatoms. The van der Waals surface area contributed by atoms with E-state index in [2.05, 4.69) is 78.4 Å². The van der Waals surface area contributed by atoms with Crippen LogP contribution in [0.4, 0.5) is 5.95 Å². The van der Waals surface area contributed by atoms with Gasteiger partial charge in [-0.1, -0.05) is 42.5 Å². The van der Waals surface area contributed by atoms with Crippen molar-refractivity contribution in [1.82, 2.24) is 39.6 Å². The summed E-state index contributed by atoms with van der Waals surface area (Å²) in [4.78, 5) is 26.2. The number of anilines is 1. The Morgan fingerprint density at radius 1 is 0.940 bits per heavy atom. The molecule has 8 rings (SSSR count). The number of furan rings is 1. The first-order valence-corrected chi connectivity index (χ1v) is 17.3. The topological polar surface area (TPSA) is 111 Å². The van der Waals surface area contributed by atoms with Gasteiger partial charge in [-0.15, -0.1) is 5.10 Å². The number of likely N-dealkylation sites (tertiary alicyclic amines) is 1. The molecule has 1 unspecified atom stereocenters. The predicted molar refractivity (Wildman–Crippen MR) is 190 cm³/mol. The third kappa shape index (κ3) is 6.22. The number of rotatable bonds is 10. The molecule has 0 spiro atoms. The van der Waals surface area contributed by atoms with Crippen LogP contribution in [0.25, 0.3) is 16.7 Å². The molecule has 256 valence electrons. The molecule has 50 heavy (non-hydrogen) atoms. The van der Waals surface area contributed by atoms with Crippen LogP contribution in [-0.2, 0) is 12.0 Å². The van der Waals surface area contributed by atoms with Crippen LogP contribution >= 0.6 is 0 Å². The van der Waals surface area contributed by atoms with Gasteiger partial charge in [-0.3, -0.25) is 4.79 Å². The summed E-state index contributed by atoms with van der Waals surface area (Å²) in [5.74, 6) is 2.41. The highest BCUT2D eigenvalue weighted by atomic mass is 16.5. The largest absolute Gasteiger partial charge is 0.496 e. The lowest BCUT2D eigenvalue weighted by molar-refractivity contribution is 0.0777. The van der Waals surface area contributed by atoms with Crippen molar-refractivity contribution in [1.29, 1.82) is 0 Å². The Balaban J connectivity index is 0.987. The molecule has 0 radical (unpaired) electrons. The Hall–Kier alpha value is -5.49. The van der Waals surface area contributed by atoms with Gasteiger partial charge in [0.25, 0.3) is 5.91 Å².